The van der Waals surface area contributed by atoms with Gasteiger partial charge in [0.1, 0.15) is 6.04 Å². The second-order valence-corrected chi connectivity index (χ2v) is 3.14. The molecule has 0 spiro atoms. The Hall–Kier alpha value is -1.10. The zero-order valence-electron chi connectivity index (χ0n) is 7.89. The number of likely N-dealkylation sites (N-methyl/N-ethyl adjacent to an activating group) is 1. The minimum atomic E-state index is -0.458. The van der Waals surface area contributed by atoms with E-state index in [-0.39, 0.29) is 17.9 Å². The first kappa shape index (κ1) is 9.98. The fourth-order valence-electron chi connectivity index (χ4n) is 1.11. The Balaban J connectivity index is 2.30. The molecule has 74 valence electrons. The number of hydrogen-bond donors (Lipinski definition) is 3. The second kappa shape index (κ2) is 4.23. The highest BCUT2D eigenvalue weighted by molar-refractivity contribution is 5.89. The quantitative estimate of drug-likeness (QED) is 0.506. The zero-order valence-corrected chi connectivity index (χ0v) is 7.89. The average molecular weight is 185 g/mol. The summed E-state index contributed by atoms with van der Waals surface area (Å²) in [6, 6.07) is -0.563. The number of nitrogens with one attached hydrogen (secondary N) is 3. The van der Waals surface area contributed by atoms with Gasteiger partial charge in [0.15, 0.2) is 0 Å². The Morgan fingerprint density at radius 2 is 2.15 bits per heavy atom. The molecule has 1 aliphatic rings. The number of rotatable bonds is 3. The van der Waals surface area contributed by atoms with Crippen LogP contribution < -0.4 is 16.0 Å². The van der Waals surface area contributed by atoms with Gasteiger partial charge in [-0.05, 0) is 19.9 Å². The summed E-state index contributed by atoms with van der Waals surface area (Å²) < 4.78 is 0. The molecule has 0 aromatic heterocycles. The maximum Gasteiger partial charge on any atom is 0.242 e. The van der Waals surface area contributed by atoms with Crippen LogP contribution in [0.15, 0.2) is 0 Å². The minimum Gasteiger partial charge on any atom is -0.357 e. The van der Waals surface area contributed by atoms with E-state index in [4.69, 9.17) is 0 Å². The molecule has 0 saturated carbocycles. The summed E-state index contributed by atoms with van der Waals surface area (Å²) in [7, 11) is 1.55. The molecule has 0 aromatic rings. The van der Waals surface area contributed by atoms with Gasteiger partial charge in [0, 0.05) is 7.05 Å². The number of carbonyl (C=O) groups is 2. The van der Waals surface area contributed by atoms with Gasteiger partial charge in [0.25, 0.3) is 0 Å². The molecule has 1 saturated heterocycles. The second-order valence-electron chi connectivity index (χ2n) is 3.14. The number of amides is 2. The van der Waals surface area contributed by atoms with Crippen LogP contribution in [0.5, 0.6) is 0 Å². The molecule has 0 radical (unpaired) electrons. The van der Waals surface area contributed by atoms with Gasteiger partial charge in [-0.15, -0.1) is 0 Å². The Morgan fingerprint density at radius 3 is 2.54 bits per heavy atom. The van der Waals surface area contributed by atoms with Crippen LogP contribution in [0, 0.1) is 0 Å². The van der Waals surface area contributed by atoms with Gasteiger partial charge in [-0.2, -0.15) is 0 Å². The lowest BCUT2D eigenvalue weighted by molar-refractivity contribution is -0.130. The summed E-state index contributed by atoms with van der Waals surface area (Å²) >= 11 is 0. The molecule has 5 nitrogen and oxygen atoms in total. The van der Waals surface area contributed by atoms with Crippen LogP contribution in [0.4, 0.5) is 0 Å². The Labute approximate surface area is 77.3 Å². The van der Waals surface area contributed by atoms with Crippen LogP contribution in [0.3, 0.4) is 0 Å². The fourth-order valence-corrected chi connectivity index (χ4v) is 1.11. The molecule has 1 unspecified atom stereocenters. The summed E-state index contributed by atoms with van der Waals surface area (Å²) in [5.74, 6) is -0.268. The smallest absolute Gasteiger partial charge is 0.242 e. The van der Waals surface area contributed by atoms with Crippen LogP contribution in [-0.2, 0) is 9.59 Å². The van der Waals surface area contributed by atoms with Gasteiger partial charge < -0.3 is 16.0 Å². The van der Waals surface area contributed by atoms with Crippen molar-refractivity contribution in [3.05, 3.63) is 0 Å². The molecule has 0 aromatic carbocycles. The fraction of sp³-hybridized carbons (Fsp3) is 0.750. The van der Waals surface area contributed by atoms with Crippen molar-refractivity contribution < 1.29 is 9.59 Å². The number of carbonyl (C=O) groups excluding carboxylic acids is 2. The molecule has 1 aliphatic heterocycles. The molecular formula is C8H15N3O2. The van der Waals surface area contributed by atoms with Crippen LogP contribution >= 0.6 is 0 Å². The molecule has 1 heterocycles. The van der Waals surface area contributed by atoms with E-state index in [2.05, 4.69) is 16.0 Å². The van der Waals surface area contributed by atoms with E-state index in [1.54, 1.807) is 14.0 Å². The van der Waals surface area contributed by atoms with Crippen molar-refractivity contribution in [2.45, 2.75) is 25.4 Å². The van der Waals surface area contributed by atoms with Crippen LogP contribution in [0.25, 0.3) is 0 Å². The van der Waals surface area contributed by atoms with Crippen molar-refractivity contribution in [3.8, 4) is 0 Å². The molecule has 13 heavy (non-hydrogen) atoms. The lowest BCUT2D eigenvalue weighted by Gasteiger charge is -2.27. The molecule has 2 amide bonds. The van der Waals surface area contributed by atoms with E-state index in [1.165, 1.54) is 0 Å². The van der Waals surface area contributed by atoms with Crippen molar-refractivity contribution >= 4 is 11.8 Å². The maximum absolute atomic E-state index is 11.3. The first-order valence-electron chi connectivity index (χ1n) is 4.40. The summed E-state index contributed by atoms with van der Waals surface area (Å²) in [5.41, 5.74) is 0. The molecule has 3 N–H and O–H groups in total. The predicted molar refractivity (Wildman–Crippen MR) is 48.1 cm³/mol. The average Bonchev–Trinajstić information content (AvgIpc) is 1.99. The lowest BCUT2D eigenvalue weighted by Crippen LogP contribution is -2.56. The van der Waals surface area contributed by atoms with Gasteiger partial charge in [-0.1, -0.05) is 0 Å². The maximum atomic E-state index is 11.3. The monoisotopic (exact) mass is 185 g/mol. The highest BCUT2D eigenvalue weighted by Gasteiger charge is 2.26. The lowest BCUT2D eigenvalue weighted by atomic mass is 10.1. The highest BCUT2D eigenvalue weighted by atomic mass is 16.2. The Kier molecular flexibility index (Phi) is 3.25. The van der Waals surface area contributed by atoms with Gasteiger partial charge in [0.05, 0.1) is 6.04 Å². The van der Waals surface area contributed by atoms with Gasteiger partial charge in [-0.3, -0.25) is 9.59 Å². The summed E-state index contributed by atoms with van der Waals surface area (Å²) in [5, 5.41) is 8.05. The zero-order chi connectivity index (χ0) is 9.84. The predicted octanol–water partition coefficient (Wildman–Crippen LogP) is -1.40. The van der Waals surface area contributed by atoms with Crippen molar-refractivity contribution in [3.63, 3.8) is 0 Å². The first-order chi connectivity index (χ1) is 6.15. The van der Waals surface area contributed by atoms with E-state index in [9.17, 15) is 9.59 Å². The SMILES string of the molecule is CNC(=O)C(C)NC(=O)[C@H]1CCN1. The Morgan fingerprint density at radius 1 is 1.54 bits per heavy atom. The highest BCUT2D eigenvalue weighted by Crippen LogP contribution is 2.01. The van der Waals surface area contributed by atoms with Gasteiger partial charge >= 0.3 is 0 Å². The molecular weight excluding hydrogens is 170 g/mol. The normalized spacial score (nSPS) is 22.8. The van der Waals surface area contributed by atoms with Crippen molar-refractivity contribution in [2.24, 2.45) is 0 Å². The Bertz CT molecular complexity index is 213. The molecule has 1 rings (SSSR count). The number of hydrogen-bond acceptors (Lipinski definition) is 3. The van der Waals surface area contributed by atoms with Gasteiger partial charge in [-0.25, -0.2) is 0 Å². The topological polar surface area (TPSA) is 70.2 Å². The van der Waals surface area contributed by atoms with Crippen molar-refractivity contribution in [1.82, 2.24) is 16.0 Å². The van der Waals surface area contributed by atoms with Crippen LogP contribution in [0.2, 0.25) is 0 Å². The summed E-state index contributed by atoms with van der Waals surface area (Å²) in [6.45, 7) is 2.54. The van der Waals surface area contributed by atoms with E-state index in [1.807, 2.05) is 0 Å². The first-order valence-corrected chi connectivity index (χ1v) is 4.40. The molecule has 5 heteroatoms. The molecule has 2 atom stereocenters. The molecule has 0 bridgehead atoms. The minimum absolute atomic E-state index is 0.0950. The van der Waals surface area contributed by atoms with Gasteiger partial charge in [0.2, 0.25) is 11.8 Å². The third kappa shape index (κ3) is 2.42. The largest absolute Gasteiger partial charge is 0.357 e. The third-order valence-corrected chi connectivity index (χ3v) is 2.14. The van der Waals surface area contributed by atoms with Crippen LogP contribution in [-0.4, -0.2) is 37.5 Å². The molecule has 0 aliphatic carbocycles. The third-order valence-electron chi connectivity index (χ3n) is 2.14. The standard InChI is InChI=1S/C8H15N3O2/c1-5(7(12)9-2)11-8(13)6-3-4-10-6/h5-6,10H,3-4H2,1-2H3,(H,9,12)(H,11,13)/t5?,6-/m1/s1. The van der Waals surface area contributed by atoms with E-state index >= 15 is 0 Å². The van der Waals surface area contributed by atoms with Crippen LogP contribution in [0.1, 0.15) is 13.3 Å². The van der Waals surface area contributed by atoms with E-state index < -0.39 is 6.04 Å². The molecule has 1 fully saturated rings. The van der Waals surface area contributed by atoms with E-state index in [0.29, 0.717) is 0 Å². The van der Waals surface area contributed by atoms with Crippen molar-refractivity contribution in [1.29, 1.82) is 0 Å². The summed E-state index contributed by atoms with van der Waals surface area (Å²) in [6.07, 6.45) is 0.853. The van der Waals surface area contributed by atoms with Crippen molar-refractivity contribution in [2.75, 3.05) is 13.6 Å². The van der Waals surface area contributed by atoms with E-state index in [0.717, 1.165) is 13.0 Å². The summed E-state index contributed by atoms with van der Waals surface area (Å²) in [4.78, 5) is 22.3.